The van der Waals surface area contributed by atoms with Crippen LogP contribution in [0, 0.1) is 0 Å². The van der Waals surface area contributed by atoms with E-state index in [1.54, 1.807) is 7.05 Å². The third-order valence-electron chi connectivity index (χ3n) is 2.07. The van der Waals surface area contributed by atoms with Gasteiger partial charge in [0.05, 0.1) is 0 Å². The van der Waals surface area contributed by atoms with Gasteiger partial charge in [-0.15, -0.1) is 0 Å². The summed E-state index contributed by atoms with van der Waals surface area (Å²) >= 11 is 1.42. The van der Waals surface area contributed by atoms with E-state index in [0.717, 1.165) is 25.9 Å². The number of carbonyl (C=O) groups is 1. The maximum Gasteiger partial charge on any atom is 0.325 e. The summed E-state index contributed by atoms with van der Waals surface area (Å²) in [4.78, 5) is 10.9. The zero-order valence-electron chi connectivity index (χ0n) is 10.0. The molecule has 0 aromatic rings. The fraction of sp³-hybridized carbons (Fsp3) is 0.900. The molecule has 2 N–H and O–H groups in total. The number of carbonyl (C=O) groups excluding carboxylic acids is 1. The molecule has 2 amide bonds. The normalized spacial score (nSPS) is 10.7. The Morgan fingerprint density at radius 2 is 1.67 bits per heavy atom. The lowest BCUT2D eigenvalue weighted by molar-refractivity contribution is 0.238. The molecule has 15 heavy (non-hydrogen) atoms. The molecule has 0 rings (SSSR count). The van der Waals surface area contributed by atoms with Gasteiger partial charge in [-0.25, -0.2) is 9.10 Å². The lowest BCUT2D eigenvalue weighted by Gasteiger charge is -2.24. The number of nitrogens with two attached hydrogens (primary N) is 1. The van der Waals surface area contributed by atoms with Gasteiger partial charge in [0.1, 0.15) is 0 Å². The van der Waals surface area contributed by atoms with Crippen molar-refractivity contribution in [1.82, 2.24) is 8.61 Å². The minimum absolute atomic E-state index is 0.391. The molecule has 0 radical (unpaired) electrons. The van der Waals surface area contributed by atoms with Gasteiger partial charge in [0.15, 0.2) is 0 Å². The molecule has 0 aliphatic heterocycles. The lowest BCUT2D eigenvalue weighted by atomic mass is 10.3. The molecule has 0 atom stereocenters. The van der Waals surface area contributed by atoms with Crippen LogP contribution in [0.3, 0.4) is 0 Å². The van der Waals surface area contributed by atoms with E-state index in [1.165, 1.54) is 29.3 Å². The zero-order chi connectivity index (χ0) is 11.7. The van der Waals surface area contributed by atoms with Crippen molar-refractivity contribution < 1.29 is 4.79 Å². The molecule has 5 heteroatoms. The number of urea groups is 1. The van der Waals surface area contributed by atoms with Crippen LogP contribution in [0.15, 0.2) is 0 Å². The average molecular weight is 233 g/mol. The number of nitrogens with zero attached hydrogens (tertiary/aromatic N) is 2. The largest absolute Gasteiger partial charge is 0.351 e. The van der Waals surface area contributed by atoms with Gasteiger partial charge in [-0.1, -0.05) is 26.7 Å². The topological polar surface area (TPSA) is 49.6 Å². The molecule has 90 valence electrons. The smallest absolute Gasteiger partial charge is 0.325 e. The molecule has 0 unspecified atom stereocenters. The van der Waals surface area contributed by atoms with Crippen LogP contribution >= 0.6 is 12.1 Å². The third-order valence-corrected chi connectivity index (χ3v) is 3.09. The van der Waals surface area contributed by atoms with E-state index in [4.69, 9.17) is 5.73 Å². The monoisotopic (exact) mass is 233 g/mol. The standard InChI is InChI=1S/C10H23N3OS/c1-4-6-8-13(9-7-5-2)15-12(3)10(11)14/h4-9H2,1-3H3,(H2,11,14). The number of primary amides is 1. The van der Waals surface area contributed by atoms with Gasteiger partial charge >= 0.3 is 6.03 Å². The Balaban J connectivity index is 3.92. The SMILES string of the molecule is CCCCN(CCCC)SN(C)C(N)=O. The van der Waals surface area contributed by atoms with Gasteiger partial charge in [0.2, 0.25) is 0 Å². The van der Waals surface area contributed by atoms with Crippen LogP contribution in [0.4, 0.5) is 4.79 Å². The van der Waals surface area contributed by atoms with E-state index in [1.807, 2.05) is 0 Å². The Kier molecular flexibility index (Phi) is 8.61. The van der Waals surface area contributed by atoms with Crippen LogP contribution in [0.25, 0.3) is 0 Å². The summed E-state index contributed by atoms with van der Waals surface area (Å²) in [5.41, 5.74) is 5.18. The summed E-state index contributed by atoms with van der Waals surface area (Å²) < 4.78 is 3.68. The summed E-state index contributed by atoms with van der Waals surface area (Å²) in [7, 11) is 1.71. The minimum Gasteiger partial charge on any atom is -0.351 e. The van der Waals surface area contributed by atoms with E-state index >= 15 is 0 Å². The second-order valence-corrected chi connectivity index (χ2v) is 4.78. The predicted molar refractivity (Wildman–Crippen MR) is 66.3 cm³/mol. The van der Waals surface area contributed by atoms with Crippen LogP contribution in [0.1, 0.15) is 39.5 Å². The first-order chi connectivity index (χ1) is 7.11. The van der Waals surface area contributed by atoms with Crippen molar-refractivity contribution in [2.45, 2.75) is 39.5 Å². The van der Waals surface area contributed by atoms with Crippen molar-refractivity contribution in [3.63, 3.8) is 0 Å². The molecule has 0 aliphatic rings. The number of rotatable bonds is 8. The molecule has 0 saturated carbocycles. The zero-order valence-corrected chi connectivity index (χ0v) is 10.8. The number of amides is 2. The maximum absolute atomic E-state index is 10.9. The van der Waals surface area contributed by atoms with Crippen molar-refractivity contribution in [2.24, 2.45) is 5.73 Å². The Labute approximate surface area is 97.4 Å². The van der Waals surface area contributed by atoms with Crippen molar-refractivity contribution in [3.05, 3.63) is 0 Å². The van der Waals surface area contributed by atoms with Crippen LogP contribution in [0.5, 0.6) is 0 Å². The van der Waals surface area contributed by atoms with Gasteiger partial charge < -0.3 is 5.73 Å². The highest BCUT2D eigenvalue weighted by Crippen LogP contribution is 2.15. The average Bonchev–Trinajstić information content (AvgIpc) is 2.21. The van der Waals surface area contributed by atoms with Crippen LogP contribution in [-0.4, -0.2) is 34.8 Å². The summed E-state index contributed by atoms with van der Waals surface area (Å²) in [5.74, 6) is 0. The van der Waals surface area contributed by atoms with Gasteiger partial charge in [-0.3, -0.25) is 4.31 Å². The fourth-order valence-electron chi connectivity index (χ4n) is 1.08. The Morgan fingerprint density at radius 1 is 1.20 bits per heavy atom. The summed E-state index contributed by atoms with van der Waals surface area (Å²) in [6, 6.07) is -0.391. The van der Waals surface area contributed by atoms with Crippen LogP contribution in [0.2, 0.25) is 0 Å². The predicted octanol–water partition coefficient (Wildman–Crippen LogP) is 2.46. The van der Waals surface area contributed by atoms with E-state index in [-0.39, 0.29) is 0 Å². The third kappa shape index (κ3) is 7.50. The highest BCUT2D eigenvalue weighted by Gasteiger charge is 2.11. The Morgan fingerprint density at radius 3 is 2.00 bits per heavy atom. The van der Waals surface area contributed by atoms with Gasteiger partial charge in [0.25, 0.3) is 0 Å². The molecule has 0 aromatic heterocycles. The molecule has 0 heterocycles. The van der Waals surface area contributed by atoms with E-state index in [9.17, 15) is 4.79 Å². The number of hydrogen-bond acceptors (Lipinski definition) is 3. The molecule has 0 aromatic carbocycles. The Bertz CT molecular complexity index is 170. The van der Waals surface area contributed by atoms with E-state index < -0.39 is 6.03 Å². The second-order valence-electron chi connectivity index (χ2n) is 3.55. The fourth-order valence-corrected chi connectivity index (χ4v) is 1.92. The first-order valence-corrected chi connectivity index (χ1v) is 6.31. The number of hydrogen-bond donors (Lipinski definition) is 1. The molecule has 0 fully saturated rings. The molecular formula is C10H23N3OS. The van der Waals surface area contributed by atoms with E-state index in [0.29, 0.717) is 0 Å². The molecule has 4 nitrogen and oxygen atoms in total. The molecule has 0 aliphatic carbocycles. The highest BCUT2D eigenvalue weighted by atomic mass is 32.2. The lowest BCUT2D eigenvalue weighted by Crippen LogP contribution is -2.32. The summed E-state index contributed by atoms with van der Waals surface area (Å²) in [6.45, 7) is 6.36. The minimum atomic E-state index is -0.391. The maximum atomic E-state index is 10.9. The van der Waals surface area contributed by atoms with Crippen molar-refractivity contribution in [2.75, 3.05) is 20.1 Å². The summed E-state index contributed by atoms with van der Waals surface area (Å²) in [5, 5.41) is 0. The second kappa shape index (κ2) is 8.85. The highest BCUT2D eigenvalue weighted by molar-refractivity contribution is 7.95. The quantitative estimate of drug-likeness (QED) is 0.655. The van der Waals surface area contributed by atoms with Gasteiger partial charge in [0, 0.05) is 32.3 Å². The summed E-state index contributed by atoms with van der Waals surface area (Å²) in [6.07, 6.45) is 4.65. The number of unbranched alkanes of at least 4 members (excludes halogenated alkanes) is 2. The van der Waals surface area contributed by atoms with E-state index in [2.05, 4.69) is 18.2 Å². The molecule has 0 bridgehead atoms. The molecule has 0 spiro atoms. The molecule has 0 saturated heterocycles. The first-order valence-electron chi connectivity index (χ1n) is 5.58. The van der Waals surface area contributed by atoms with Crippen molar-refractivity contribution >= 4 is 18.2 Å². The van der Waals surface area contributed by atoms with Crippen LogP contribution in [-0.2, 0) is 0 Å². The Hall–Kier alpha value is -0.420. The van der Waals surface area contributed by atoms with Crippen molar-refractivity contribution in [1.29, 1.82) is 0 Å². The van der Waals surface area contributed by atoms with Crippen LogP contribution < -0.4 is 5.73 Å². The molecular weight excluding hydrogens is 210 g/mol. The van der Waals surface area contributed by atoms with Gasteiger partial charge in [-0.2, -0.15) is 0 Å². The first kappa shape index (κ1) is 14.6. The van der Waals surface area contributed by atoms with Crippen molar-refractivity contribution in [3.8, 4) is 0 Å². The van der Waals surface area contributed by atoms with Gasteiger partial charge in [-0.05, 0) is 12.8 Å².